The molecule has 0 spiro atoms. The zero-order valence-electron chi connectivity index (χ0n) is 9.97. The van der Waals surface area contributed by atoms with Gasteiger partial charge < -0.3 is 10.4 Å². The Morgan fingerprint density at radius 1 is 1.44 bits per heavy atom. The molecule has 0 amide bonds. The molecule has 1 heterocycles. The number of aliphatic hydroxyl groups is 1. The van der Waals surface area contributed by atoms with Crippen molar-refractivity contribution >= 4 is 17.6 Å². The number of anilines is 1. The van der Waals surface area contributed by atoms with Crippen molar-refractivity contribution in [1.82, 2.24) is 9.97 Å². The molecule has 2 unspecified atom stereocenters. The van der Waals surface area contributed by atoms with E-state index in [0.29, 0.717) is 0 Å². The second-order valence-electron chi connectivity index (χ2n) is 3.73. The average Bonchev–Trinajstić information content (AvgIpc) is 2.26. The first-order valence-corrected chi connectivity index (χ1v) is 6.42. The summed E-state index contributed by atoms with van der Waals surface area (Å²) in [5, 5.41) is 13.6. The first-order valence-electron chi connectivity index (χ1n) is 5.54. The van der Waals surface area contributed by atoms with Gasteiger partial charge in [0.05, 0.1) is 18.5 Å². The molecule has 0 aliphatic heterocycles. The number of nitrogens with one attached hydrogen (secondary N) is 1. The number of hydrogen-bond donors (Lipinski definition) is 2. The fourth-order valence-electron chi connectivity index (χ4n) is 1.03. The highest BCUT2D eigenvalue weighted by Gasteiger charge is 2.11. The Hall–Kier alpha value is -0.810. The Morgan fingerprint density at radius 3 is 2.81 bits per heavy atom. The molecule has 0 aliphatic carbocycles. The Bertz CT molecular complexity index is 320. The lowest BCUT2D eigenvalue weighted by atomic mass is 10.3. The summed E-state index contributed by atoms with van der Waals surface area (Å²) in [6, 6.07) is 0. The molecule has 0 aliphatic rings. The van der Waals surface area contributed by atoms with Gasteiger partial charge in [-0.15, -0.1) is 0 Å². The van der Waals surface area contributed by atoms with Gasteiger partial charge in [-0.1, -0.05) is 25.6 Å². The van der Waals surface area contributed by atoms with Crippen LogP contribution in [0.3, 0.4) is 0 Å². The second-order valence-corrected chi connectivity index (χ2v) is 5.13. The minimum absolute atomic E-state index is 0.121. The molecule has 0 aromatic carbocycles. The zero-order chi connectivity index (χ0) is 12.0. The number of thioether (sulfide) groups is 1. The van der Waals surface area contributed by atoms with E-state index in [-0.39, 0.29) is 11.4 Å². The maximum atomic E-state index is 9.41. The lowest BCUT2D eigenvalue weighted by Gasteiger charge is -2.13. The Morgan fingerprint density at radius 2 is 2.19 bits per heavy atom. The van der Waals surface area contributed by atoms with Crippen molar-refractivity contribution in [1.29, 1.82) is 0 Å². The third-order valence-electron chi connectivity index (χ3n) is 2.15. The van der Waals surface area contributed by atoms with Crippen molar-refractivity contribution in [3.8, 4) is 0 Å². The number of aromatic nitrogens is 2. The molecule has 0 fully saturated rings. The topological polar surface area (TPSA) is 58.0 Å². The van der Waals surface area contributed by atoms with Crippen molar-refractivity contribution < 1.29 is 5.11 Å². The molecule has 2 N–H and O–H groups in total. The van der Waals surface area contributed by atoms with E-state index >= 15 is 0 Å². The summed E-state index contributed by atoms with van der Waals surface area (Å²) in [6.07, 6.45) is 4.15. The molecule has 5 heteroatoms. The van der Waals surface area contributed by atoms with Crippen LogP contribution in [0.1, 0.15) is 27.2 Å². The Balaban J connectivity index is 2.59. The van der Waals surface area contributed by atoms with Gasteiger partial charge in [0.1, 0.15) is 10.8 Å². The van der Waals surface area contributed by atoms with Gasteiger partial charge in [-0.2, -0.15) is 0 Å². The molecule has 0 radical (unpaired) electrons. The number of hydrogen-bond acceptors (Lipinski definition) is 5. The van der Waals surface area contributed by atoms with Crippen LogP contribution >= 0.6 is 11.8 Å². The van der Waals surface area contributed by atoms with Gasteiger partial charge in [-0.25, -0.2) is 4.98 Å². The van der Waals surface area contributed by atoms with E-state index in [4.69, 9.17) is 0 Å². The van der Waals surface area contributed by atoms with Gasteiger partial charge >= 0.3 is 0 Å². The van der Waals surface area contributed by atoms with E-state index in [0.717, 1.165) is 23.8 Å². The van der Waals surface area contributed by atoms with Crippen molar-refractivity contribution in [3.05, 3.63) is 12.4 Å². The maximum Gasteiger partial charge on any atom is 0.145 e. The van der Waals surface area contributed by atoms with E-state index in [1.54, 1.807) is 19.3 Å². The molecule has 1 rings (SSSR count). The summed E-state index contributed by atoms with van der Waals surface area (Å²) in [5.41, 5.74) is 0. The van der Waals surface area contributed by atoms with Crippen LogP contribution in [0.15, 0.2) is 17.4 Å². The third-order valence-corrected chi connectivity index (χ3v) is 3.36. The molecule has 1 aromatic rings. The van der Waals surface area contributed by atoms with E-state index in [1.165, 1.54) is 11.8 Å². The van der Waals surface area contributed by atoms with E-state index in [2.05, 4.69) is 22.2 Å². The highest BCUT2D eigenvalue weighted by molar-refractivity contribution is 7.99. The van der Waals surface area contributed by atoms with Crippen molar-refractivity contribution in [2.24, 2.45) is 0 Å². The largest absolute Gasteiger partial charge is 0.392 e. The number of nitrogens with zero attached hydrogens (tertiary/aromatic N) is 2. The van der Waals surface area contributed by atoms with E-state index in [1.807, 2.05) is 6.92 Å². The van der Waals surface area contributed by atoms with Crippen LogP contribution in [0.2, 0.25) is 0 Å². The fourth-order valence-corrected chi connectivity index (χ4v) is 1.88. The van der Waals surface area contributed by atoms with Gasteiger partial charge in [0.25, 0.3) is 0 Å². The molecule has 0 saturated heterocycles. The summed E-state index contributed by atoms with van der Waals surface area (Å²) < 4.78 is 0. The van der Waals surface area contributed by atoms with Gasteiger partial charge in [0, 0.05) is 11.8 Å². The highest BCUT2D eigenvalue weighted by atomic mass is 32.2. The Kier molecular flexibility index (Phi) is 5.55. The zero-order valence-corrected chi connectivity index (χ0v) is 10.8. The average molecular weight is 241 g/mol. The SMILES string of the molecule is CCCNc1cncc(SC(C)C(C)O)n1. The molecule has 0 bridgehead atoms. The van der Waals surface area contributed by atoms with Crippen LogP contribution in [0.25, 0.3) is 0 Å². The smallest absolute Gasteiger partial charge is 0.145 e. The summed E-state index contributed by atoms with van der Waals surface area (Å²) in [6.45, 7) is 6.76. The second kappa shape index (κ2) is 6.70. The van der Waals surface area contributed by atoms with Crippen LogP contribution in [0, 0.1) is 0 Å². The Labute approximate surface area is 101 Å². The summed E-state index contributed by atoms with van der Waals surface area (Å²) in [7, 11) is 0. The predicted octanol–water partition coefficient (Wildman–Crippen LogP) is 2.16. The van der Waals surface area contributed by atoms with Gasteiger partial charge in [0.2, 0.25) is 0 Å². The van der Waals surface area contributed by atoms with Crippen molar-refractivity contribution in [2.75, 3.05) is 11.9 Å². The first-order chi connectivity index (χ1) is 7.63. The van der Waals surface area contributed by atoms with Crippen LogP contribution in [0.4, 0.5) is 5.82 Å². The first kappa shape index (κ1) is 13.3. The number of aliphatic hydroxyl groups excluding tert-OH is 1. The normalized spacial score (nSPS) is 14.5. The fraction of sp³-hybridized carbons (Fsp3) is 0.636. The number of rotatable bonds is 6. The summed E-state index contributed by atoms with van der Waals surface area (Å²) in [5.74, 6) is 0.796. The molecule has 1 aromatic heterocycles. The van der Waals surface area contributed by atoms with Crippen molar-refractivity contribution in [2.45, 2.75) is 43.6 Å². The maximum absolute atomic E-state index is 9.41. The van der Waals surface area contributed by atoms with E-state index in [9.17, 15) is 5.11 Å². The van der Waals surface area contributed by atoms with Gasteiger partial charge in [0.15, 0.2) is 0 Å². The van der Waals surface area contributed by atoms with Crippen LogP contribution in [-0.4, -0.2) is 33.0 Å². The van der Waals surface area contributed by atoms with Gasteiger partial charge in [-0.05, 0) is 13.3 Å². The van der Waals surface area contributed by atoms with Crippen LogP contribution < -0.4 is 5.32 Å². The highest BCUT2D eigenvalue weighted by Crippen LogP contribution is 2.23. The monoisotopic (exact) mass is 241 g/mol. The van der Waals surface area contributed by atoms with Crippen molar-refractivity contribution in [3.63, 3.8) is 0 Å². The van der Waals surface area contributed by atoms with Crippen LogP contribution in [0.5, 0.6) is 0 Å². The van der Waals surface area contributed by atoms with Crippen LogP contribution in [-0.2, 0) is 0 Å². The molecular weight excluding hydrogens is 222 g/mol. The molecular formula is C11H19N3OS. The summed E-state index contributed by atoms with van der Waals surface area (Å²) in [4.78, 5) is 8.53. The lowest BCUT2D eigenvalue weighted by Crippen LogP contribution is -2.15. The minimum atomic E-state index is -0.348. The lowest BCUT2D eigenvalue weighted by molar-refractivity contribution is 0.196. The quantitative estimate of drug-likeness (QED) is 0.747. The predicted molar refractivity (Wildman–Crippen MR) is 67.8 cm³/mol. The molecule has 2 atom stereocenters. The minimum Gasteiger partial charge on any atom is -0.392 e. The molecule has 4 nitrogen and oxygen atoms in total. The third kappa shape index (κ3) is 4.37. The molecule has 90 valence electrons. The standard InChI is InChI=1S/C11H19N3OS/c1-4-5-13-10-6-12-7-11(14-10)16-9(3)8(2)15/h6-9,15H,4-5H2,1-3H3,(H,13,14). The molecule has 0 saturated carbocycles. The summed E-state index contributed by atoms with van der Waals surface area (Å²) >= 11 is 1.54. The van der Waals surface area contributed by atoms with E-state index < -0.39 is 0 Å². The van der Waals surface area contributed by atoms with Gasteiger partial charge in [-0.3, -0.25) is 4.98 Å². The molecule has 16 heavy (non-hydrogen) atoms.